The Kier molecular flexibility index (Phi) is 5.98. The van der Waals surface area contributed by atoms with Crippen LogP contribution in [0.1, 0.15) is 23.0 Å². The van der Waals surface area contributed by atoms with E-state index in [1.54, 1.807) is 36.4 Å². The number of alkyl halides is 2. The molecule has 3 rings (SSSR count). The summed E-state index contributed by atoms with van der Waals surface area (Å²) in [6.45, 7) is 0.804. The molecule has 0 aliphatic rings. The quantitative estimate of drug-likeness (QED) is 0.536. The SMILES string of the molecule is CNC(=O)c1cc(Oc2ccc(Nc3ccc(Cl)c(C(C)(F)F)c3)cc2)ccn1. The summed E-state index contributed by atoms with van der Waals surface area (Å²) in [5.74, 6) is -2.34. The summed E-state index contributed by atoms with van der Waals surface area (Å²) in [5.41, 5.74) is 1.18. The van der Waals surface area contributed by atoms with E-state index in [1.165, 1.54) is 31.4 Å². The van der Waals surface area contributed by atoms with Gasteiger partial charge < -0.3 is 15.4 Å². The first-order valence-corrected chi connectivity index (χ1v) is 9.05. The molecule has 2 aromatic carbocycles. The van der Waals surface area contributed by atoms with Gasteiger partial charge in [0.1, 0.15) is 17.2 Å². The molecule has 5 nitrogen and oxygen atoms in total. The first kappa shape index (κ1) is 20.5. The third kappa shape index (κ3) is 5.20. The van der Waals surface area contributed by atoms with Gasteiger partial charge in [0, 0.05) is 48.2 Å². The van der Waals surface area contributed by atoms with Gasteiger partial charge >= 0.3 is 0 Å². The van der Waals surface area contributed by atoms with E-state index in [2.05, 4.69) is 15.6 Å². The molecule has 150 valence electrons. The lowest BCUT2D eigenvalue weighted by Crippen LogP contribution is -2.18. The lowest BCUT2D eigenvalue weighted by atomic mass is 10.1. The van der Waals surface area contributed by atoms with Crippen LogP contribution in [0.2, 0.25) is 5.02 Å². The minimum absolute atomic E-state index is 0.0141. The molecule has 0 unspecified atom stereocenters. The summed E-state index contributed by atoms with van der Waals surface area (Å²) < 4.78 is 33.0. The molecule has 0 spiro atoms. The number of ether oxygens (including phenoxy) is 1. The maximum atomic E-state index is 13.6. The first-order valence-electron chi connectivity index (χ1n) is 8.67. The van der Waals surface area contributed by atoms with Crippen molar-refractivity contribution < 1.29 is 18.3 Å². The molecule has 0 radical (unpaired) electrons. The minimum atomic E-state index is -3.04. The molecule has 0 aliphatic heterocycles. The molecule has 0 aliphatic carbocycles. The second kappa shape index (κ2) is 8.45. The Balaban J connectivity index is 1.72. The number of aromatic nitrogens is 1. The van der Waals surface area contributed by atoms with Gasteiger partial charge in [-0.1, -0.05) is 11.6 Å². The van der Waals surface area contributed by atoms with Gasteiger partial charge in [0.15, 0.2) is 0 Å². The zero-order chi connectivity index (χ0) is 21.0. The van der Waals surface area contributed by atoms with Gasteiger partial charge in [-0.3, -0.25) is 9.78 Å². The summed E-state index contributed by atoms with van der Waals surface area (Å²) >= 11 is 5.87. The van der Waals surface area contributed by atoms with E-state index in [0.717, 1.165) is 6.92 Å². The van der Waals surface area contributed by atoms with Gasteiger partial charge in [-0.2, -0.15) is 0 Å². The highest BCUT2D eigenvalue weighted by atomic mass is 35.5. The highest BCUT2D eigenvalue weighted by molar-refractivity contribution is 6.31. The normalized spacial score (nSPS) is 11.1. The van der Waals surface area contributed by atoms with E-state index in [-0.39, 0.29) is 22.2 Å². The van der Waals surface area contributed by atoms with Crippen LogP contribution in [0.4, 0.5) is 20.2 Å². The zero-order valence-electron chi connectivity index (χ0n) is 15.7. The van der Waals surface area contributed by atoms with Crippen molar-refractivity contribution in [3.63, 3.8) is 0 Å². The maximum absolute atomic E-state index is 13.6. The van der Waals surface area contributed by atoms with Gasteiger partial charge in [0.05, 0.1) is 0 Å². The van der Waals surface area contributed by atoms with Gasteiger partial charge in [-0.25, -0.2) is 8.78 Å². The number of amides is 1. The summed E-state index contributed by atoms with van der Waals surface area (Å²) in [6.07, 6.45) is 1.48. The van der Waals surface area contributed by atoms with Crippen molar-refractivity contribution in [3.8, 4) is 11.5 Å². The average Bonchev–Trinajstić information content (AvgIpc) is 2.69. The first-order chi connectivity index (χ1) is 13.8. The van der Waals surface area contributed by atoms with Crippen LogP contribution < -0.4 is 15.4 Å². The summed E-state index contributed by atoms with van der Waals surface area (Å²) in [5, 5.41) is 5.57. The summed E-state index contributed by atoms with van der Waals surface area (Å²) in [6, 6.07) is 14.5. The molecular formula is C21H18ClF2N3O2. The third-order valence-electron chi connectivity index (χ3n) is 4.01. The van der Waals surface area contributed by atoms with Crippen LogP contribution in [0, 0.1) is 0 Å². The number of halogens is 3. The highest BCUT2D eigenvalue weighted by Gasteiger charge is 2.27. The molecule has 0 bridgehead atoms. The molecule has 2 N–H and O–H groups in total. The van der Waals surface area contributed by atoms with Crippen molar-refractivity contribution in [1.82, 2.24) is 10.3 Å². The van der Waals surface area contributed by atoms with E-state index in [0.29, 0.717) is 22.9 Å². The molecule has 8 heteroatoms. The number of pyridine rings is 1. The van der Waals surface area contributed by atoms with Crippen LogP contribution in [0.15, 0.2) is 60.8 Å². The van der Waals surface area contributed by atoms with E-state index >= 15 is 0 Å². The van der Waals surface area contributed by atoms with Crippen LogP contribution in [0.25, 0.3) is 0 Å². The minimum Gasteiger partial charge on any atom is -0.457 e. The Bertz CT molecular complexity index is 1020. The van der Waals surface area contributed by atoms with Crippen molar-refractivity contribution in [2.24, 2.45) is 0 Å². The van der Waals surface area contributed by atoms with Gasteiger partial charge in [0.25, 0.3) is 11.8 Å². The molecule has 1 amide bonds. The summed E-state index contributed by atoms with van der Waals surface area (Å²) in [4.78, 5) is 15.6. The van der Waals surface area contributed by atoms with Crippen molar-refractivity contribution in [2.45, 2.75) is 12.8 Å². The van der Waals surface area contributed by atoms with Gasteiger partial charge in [0.2, 0.25) is 0 Å². The zero-order valence-corrected chi connectivity index (χ0v) is 16.4. The van der Waals surface area contributed by atoms with Gasteiger partial charge in [-0.15, -0.1) is 0 Å². The molecule has 29 heavy (non-hydrogen) atoms. The molecular weight excluding hydrogens is 400 g/mol. The number of hydrogen-bond donors (Lipinski definition) is 2. The second-order valence-corrected chi connectivity index (χ2v) is 6.70. The highest BCUT2D eigenvalue weighted by Crippen LogP contribution is 2.35. The van der Waals surface area contributed by atoms with Crippen molar-refractivity contribution in [1.29, 1.82) is 0 Å². The Morgan fingerprint density at radius 1 is 1.03 bits per heavy atom. The van der Waals surface area contributed by atoms with Crippen molar-refractivity contribution in [3.05, 3.63) is 77.1 Å². The maximum Gasteiger partial charge on any atom is 0.272 e. The Morgan fingerprint density at radius 3 is 2.38 bits per heavy atom. The fourth-order valence-corrected chi connectivity index (χ4v) is 2.86. The predicted octanol–water partition coefficient (Wildman–Crippen LogP) is 5.74. The lowest BCUT2D eigenvalue weighted by molar-refractivity contribution is 0.0176. The molecule has 0 saturated carbocycles. The number of benzene rings is 2. The second-order valence-electron chi connectivity index (χ2n) is 6.29. The van der Waals surface area contributed by atoms with Crippen molar-refractivity contribution in [2.75, 3.05) is 12.4 Å². The average molecular weight is 418 g/mol. The molecule has 3 aromatic rings. The van der Waals surface area contributed by atoms with Crippen LogP contribution in [-0.4, -0.2) is 17.9 Å². The van der Waals surface area contributed by atoms with E-state index in [4.69, 9.17) is 16.3 Å². The Morgan fingerprint density at radius 2 is 1.72 bits per heavy atom. The fourth-order valence-electron chi connectivity index (χ4n) is 2.58. The summed E-state index contributed by atoms with van der Waals surface area (Å²) in [7, 11) is 1.52. The number of nitrogens with zero attached hydrogens (tertiary/aromatic N) is 1. The van der Waals surface area contributed by atoms with E-state index in [1.807, 2.05) is 0 Å². The lowest BCUT2D eigenvalue weighted by Gasteiger charge is -2.15. The molecule has 0 fully saturated rings. The number of rotatable bonds is 6. The molecule has 1 aromatic heterocycles. The molecule has 1 heterocycles. The molecule has 0 saturated heterocycles. The fraction of sp³-hybridized carbons (Fsp3) is 0.143. The van der Waals surface area contributed by atoms with Crippen LogP contribution in [-0.2, 0) is 5.92 Å². The Hall–Kier alpha value is -3.19. The Labute approximate surface area is 171 Å². The number of hydrogen-bond acceptors (Lipinski definition) is 4. The third-order valence-corrected chi connectivity index (χ3v) is 4.34. The number of carbonyl (C=O) groups is 1. The monoisotopic (exact) mass is 417 g/mol. The standard InChI is InChI=1S/C21H18ClF2N3O2/c1-21(23,24)17-11-14(5-8-18(17)22)27-13-3-6-15(7-4-13)29-16-9-10-26-19(12-16)20(28)25-2/h3-12,27H,1-2H3,(H,25,28). The van der Waals surface area contributed by atoms with E-state index < -0.39 is 5.92 Å². The molecule has 0 atom stereocenters. The number of nitrogens with one attached hydrogen (secondary N) is 2. The number of carbonyl (C=O) groups excluding carboxylic acids is 1. The van der Waals surface area contributed by atoms with Crippen LogP contribution in [0.5, 0.6) is 11.5 Å². The smallest absolute Gasteiger partial charge is 0.272 e. The predicted molar refractivity (Wildman–Crippen MR) is 108 cm³/mol. The van der Waals surface area contributed by atoms with Crippen LogP contribution in [0.3, 0.4) is 0 Å². The number of anilines is 2. The largest absolute Gasteiger partial charge is 0.457 e. The van der Waals surface area contributed by atoms with Crippen LogP contribution >= 0.6 is 11.6 Å². The van der Waals surface area contributed by atoms with Gasteiger partial charge in [-0.05, 0) is 48.5 Å². The van der Waals surface area contributed by atoms with E-state index in [9.17, 15) is 13.6 Å². The van der Waals surface area contributed by atoms with Crippen molar-refractivity contribution >= 4 is 28.9 Å². The topological polar surface area (TPSA) is 63.2 Å².